The van der Waals surface area contributed by atoms with Gasteiger partial charge in [0.05, 0.1) is 12.7 Å². The van der Waals surface area contributed by atoms with E-state index >= 15 is 0 Å². The Morgan fingerprint density at radius 2 is 1.51 bits per heavy atom. The first-order valence-electron chi connectivity index (χ1n) is 14.2. The van der Waals surface area contributed by atoms with Crippen molar-refractivity contribution in [3.8, 4) is 12.8 Å². The van der Waals surface area contributed by atoms with E-state index in [1.54, 1.807) is 0 Å². The summed E-state index contributed by atoms with van der Waals surface area (Å²) in [6, 6.07) is 0. The standard InChI is InChI=1S/C30H51NO2.C2H2/c1-24(2)14-16-29(19-32)17-15-28(7)22(30(29,31)18-24)9-8-21-26(5)12-11-23(33)25(3,4)20(26)10-13-27(21,28)6;1-2/h9,20-21,23,32-33H,8,10-19,31H2,1-7H3;1-2H/t20?,21?,23-,26-,27+,28+,29+,30+;/m0./s1. The molecule has 4 saturated carbocycles. The maximum Gasteiger partial charge on any atom is 0.0594 e. The van der Waals surface area contributed by atoms with Crippen LogP contribution in [0.15, 0.2) is 11.6 Å². The van der Waals surface area contributed by atoms with Gasteiger partial charge in [0, 0.05) is 11.0 Å². The van der Waals surface area contributed by atoms with Gasteiger partial charge in [0.25, 0.3) is 0 Å². The van der Waals surface area contributed by atoms with Crippen LogP contribution in [-0.2, 0) is 0 Å². The highest BCUT2D eigenvalue weighted by molar-refractivity contribution is 5.41. The highest BCUT2D eigenvalue weighted by Gasteiger charge is 2.70. The molecule has 2 unspecified atom stereocenters. The molecule has 198 valence electrons. The smallest absolute Gasteiger partial charge is 0.0594 e. The van der Waals surface area contributed by atoms with E-state index in [-0.39, 0.29) is 45.2 Å². The highest BCUT2D eigenvalue weighted by Crippen LogP contribution is 2.76. The Bertz CT molecular complexity index is 902. The van der Waals surface area contributed by atoms with Gasteiger partial charge in [-0.25, -0.2) is 0 Å². The third-order valence-corrected chi connectivity index (χ3v) is 13.3. The van der Waals surface area contributed by atoms with Gasteiger partial charge in [-0.15, -0.1) is 12.8 Å². The summed E-state index contributed by atoms with van der Waals surface area (Å²) in [5.74, 6) is 1.21. The highest BCUT2D eigenvalue weighted by atomic mass is 16.3. The lowest BCUT2D eigenvalue weighted by molar-refractivity contribution is -0.206. The van der Waals surface area contributed by atoms with Crippen LogP contribution in [0.2, 0.25) is 0 Å². The summed E-state index contributed by atoms with van der Waals surface area (Å²) in [5.41, 5.74) is 9.29. The van der Waals surface area contributed by atoms with Crippen molar-refractivity contribution in [1.29, 1.82) is 0 Å². The normalized spacial score (nSPS) is 51.8. The summed E-state index contributed by atoms with van der Waals surface area (Å²) in [6.45, 7) is 17.3. The molecular weight excluding hydrogens is 430 g/mol. The zero-order chi connectivity index (χ0) is 26.3. The van der Waals surface area contributed by atoms with Gasteiger partial charge in [0.15, 0.2) is 0 Å². The topological polar surface area (TPSA) is 66.5 Å². The molecule has 3 nitrogen and oxygen atoms in total. The van der Waals surface area contributed by atoms with Gasteiger partial charge in [-0.1, -0.05) is 54.5 Å². The predicted molar refractivity (Wildman–Crippen MR) is 145 cm³/mol. The van der Waals surface area contributed by atoms with Crippen LogP contribution in [0.5, 0.6) is 0 Å². The molecule has 0 aromatic rings. The molecule has 0 bridgehead atoms. The van der Waals surface area contributed by atoms with Crippen LogP contribution in [0, 0.1) is 57.2 Å². The Morgan fingerprint density at radius 3 is 2.14 bits per heavy atom. The minimum atomic E-state index is -0.399. The second-order valence-electron chi connectivity index (χ2n) is 15.4. The lowest BCUT2D eigenvalue weighted by atomic mass is 9.32. The lowest BCUT2D eigenvalue weighted by Gasteiger charge is -2.73. The minimum absolute atomic E-state index is 0.0136. The maximum atomic E-state index is 10.9. The first kappa shape index (κ1) is 27.2. The Balaban J connectivity index is 0.00000141. The number of aliphatic hydroxyl groups excluding tert-OH is 2. The molecule has 4 N–H and O–H groups in total. The van der Waals surface area contributed by atoms with Crippen molar-refractivity contribution in [3.63, 3.8) is 0 Å². The van der Waals surface area contributed by atoms with Crippen LogP contribution in [0.4, 0.5) is 0 Å². The van der Waals surface area contributed by atoms with Crippen molar-refractivity contribution in [3.05, 3.63) is 11.6 Å². The fraction of sp³-hybridized carbons (Fsp3) is 0.875. The second-order valence-corrected chi connectivity index (χ2v) is 15.4. The fourth-order valence-electron chi connectivity index (χ4n) is 10.9. The first-order chi connectivity index (χ1) is 16.1. The average Bonchev–Trinajstić information content (AvgIpc) is 2.78. The molecule has 0 amide bonds. The second kappa shape index (κ2) is 8.09. The van der Waals surface area contributed by atoms with E-state index in [1.807, 2.05) is 0 Å². The summed E-state index contributed by atoms with van der Waals surface area (Å²) in [7, 11) is 0. The van der Waals surface area contributed by atoms with Crippen molar-refractivity contribution in [1.82, 2.24) is 0 Å². The van der Waals surface area contributed by atoms with E-state index < -0.39 is 5.54 Å². The molecule has 0 aliphatic heterocycles. The molecule has 4 fully saturated rings. The van der Waals surface area contributed by atoms with Crippen molar-refractivity contribution in [2.24, 2.45) is 50.1 Å². The molecule has 3 heteroatoms. The predicted octanol–water partition coefficient (Wildman–Crippen LogP) is 6.47. The van der Waals surface area contributed by atoms with Gasteiger partial charge in [0.2, 0.25) is 0 Å². The molecule has 5 aliphatic rings. The molecule has 0 saturated heterocycles. The Kier molecular flexibility index (Phi) is 6.29. The van der Waals surface area contributed by atoms with Crippen LogP contribution in [-0.4, -0.2) is 28.5 Å². The number of terminal acetylenes is 1. The monoisotopic (exact) mass is 483 g/mol. The van der Waals surface area contributed by atoms with Crippen molar-refractivity contribution in [2.75, 3.05) is 6.61 Å². The average molecular weight is 484 g/mol. The lowest BCUT2D eigenvalue weighted by Crippen LogP contribution is -2.72. The summed E-state index contributed by atoms with van der Waals surface area (Å²) < 4.78 is 0. The van der Waals surface area contributed by atoms with Crippen LogP contribution >= 0.6 is 0 Å². The summed E-state index contributed by atoms with van der Waals surface area (Å²) in [4.78, 5) is 0. The third kappa shape index (κ3) is 3.28. The quantitative estimate of drug-likeness (QED) is 0.296. The largest absolute Gasteiger partial charge is 0.396 e. The van der Waals surface area contributed by atoms with Crippen LogP contribution in [0.25, 0.3) is 0 Å². The Hall–Kier alpha value is -0.820. The van der Waals surface area contributed by atoms with E-state index in [2.05, 4.69) is 67.4 Å². The summed E-state index contributed by atoms with van der Waals surface area (Å²) in [6.07, 6.45) is 21.4. The van der Waals surface area contributed by atoms with E-state index in [4.69, 9.17) is 5.73 Å². The van der Waals surface area contributed by atoms with Gasteiger partial charge in [-0.3, -0.25) is 0 Å². The Morgan fingerprint density at radius 1 is 0.886 bits per heavy atom. The molecule has 5 rings (SSSR count). The van der Waals surface area contributed by atoms with Crippen molar-refractivity contribution >= 4 is 0 Å². The zero-order valence-corrected chi connectivity index (χ0v) is 23.7. The van der Waals surface area contributed by atoms with Crippen molar-refractivity contribution < 1.29 is 10.2 Å². The zero-order valence-electron chi connectivity index (χ0n) is 23.7. The van der Waals surface area contributed by atoms with Gasteiger partial charge in [-0.05, 0) is 109 Å². The summed E-state index contributed by atoms with van der Waals surface area (Å²) >= 11 is 0. The minimum Gasteiger partial charge on any atom is -0.396 e. The van der Waals surface area contributed by atoms with Crippen molar-refractivity contribution in [2.45, 2.75) is 124 Å². The number of rotatable bonds is 1. The molecular formula is C32H53NO2. The van der Waals surface area contributed by atoms with Gasteiger partial charge in [-0.2, -0.15) is 0 Å². The van der Waals surface area contributed by atoms with Crippen LogP contribution < -0.4 is 5.73 Å². The molecule has 0 spiro atoms. The van der Waals surface area contributed by atoms with Crippen LogP contribution in [0.3, 0.4) is 0 Å². The number of nitrogens with two attached hydrogens (primary N) is 1. The molecule has 0 aromatic carbocycles. The van der Waals surface area contributed by atoms with Gasteiger partial charge >= 0.3 is 0 Å². The third-order valence-electron chi connectivity index (χ3n) is 13.3. The molecule has 8 atom stereocenters. The van der Waals surface area contributed by atoms with Crippen LogP contribution in [0.1, 0.15) is 113 Å². The number of fused-ring (bicyclic) bond motifs is 7. The molecule has 0 radical (unpaired) electrons. The molecule has 5 aliphatic carbocycles. The van der Waals surface area contributed by atoms with Gasteiger partial charge in [0.1, 0.15) is 0 Å². The summed E-state index contributed by atoms with van der Waals surface area (Å²) in [5, 5.41) is 21.6. The Labute approximate surface area is 215 Å². The van der Waals surface area contributed by atoms with E-state index in [0.717, 1.165) is 51.4 Å². The number of hydrogen-bond donors (Lipinski definition) is 3. The van der Waals surface area contributed by atoms with E-state index in [0.29, 0.717) is 11.8 Å². The molecule has 35 heavy (non-hydrogen) atoms. The number of hydrogen-bond acceptors (Lipinski definition) is 3. The molecule has 0 aromatic heterocycles. The first-order valence-corrected chi connectivity index (χ1v) is 14.2. The van der Waals surface area contributed by atoms with E-state index in [1.165, 1.54) is 18.4 Å². The van der Waals surface area contributed by atoms with E-state index in [9.17, 15) is 10.2 Å². The van der Waals surface area contributed by atoms with Gasteiger partial charge < -0.3 is 15.9 Å². The molecule has 0 heterocycles. The SMILES string of the molecule is C#C.CC1(C)CC[C@]2(CO)CC[C@]3(C)C(=CCC4[C@@]5(C)CC[C@H](O)C(C)(C)C5CC[C@]43C)[C@]2(N)C1. The number of allylic oxidation sites excluding steroid dienone is 1. The number of aliphatic hydroxyl groups is 2. The maximum absolute atomic E-state index is 10.9. The fourth-order valence-corrected chi connectivity index (χ4v) is 10.9.